The molecule has 64 valence electrons. The molecule has 1 fully saturated rings. The van der Waals surface area contributed by atoms with E-state index in [1.807, 2.05) is 12.1 Å². The van der Waals surface area contributed by atoms with Crippen molar-refractivity contribution >= 4 is 5.82 Å². The lowest BCUT2D eigenvalue weighted by Gasteiger charge is -2.20. The van der Waals surface area contributed by atoms with E-state index in [4.69, 9.17) is 0 Å². The molecule has 0 atom stereocenters. The van der Waals surface area contributed by atoms with Crippen LogP contribution in [0, 0.1) is 0 Å². The molecule has 0 aliphatic heterocycles. The summed E-state index contributed by atoms with van der Waals surface area (Å²) in [6.07, 6.45) is 4.33. The van der Waals surface area contributed by atoms with Crippen LogP contribution in [-0.4, -0.2) is 22.8 Å². The highest BCUT2D eigenvalue weighted by molar-refractivity contribution is 5.39. The Labute approximate surface area is 72.4 Å². The lowest BCUT2D eigenvalue weighted by atomic mass is 10.4. The number of hydrogen-bond acceptors (Lipinski definition) is 3. The fraction of sp³-hybridized carbons (Fsp3) is 0.556. The zero-order chi connectivity index (χ0) is 8.39. The van der Waals surface area contributed by atoms with Gasteiger partial charge in [0, 0.05) is 18.8 Å². The number of rotatable bonds is 3. The van der Waals surface area contributed by atoms with Gasteiger partial charge >= 0.3 is 0 Å². The Morgan fingerprint density at radius 1 is 1.58 bits per heavy atom. The predicted octanol–water partition coefficient (Wildman–Crippen LogP) is 1.47. The molecule has 0 spiro atoms. The first-order valence-electron chi connectivity index (χ1n) is 4.46. The van der Waals surface area contributed by atoms with Gasteiger partial charge in [-0.05, 0) is 31.9 Å². The SMILES string of the molecule is CCN(c1cccnn1)C1CC1. The van der Waals surface area contributed by atoms with Gasteiger partial charge in [0.1, 0.15) is 0 Å². The van der Waals surface area contributed by atoms with Gasteiger partial charge in [-0.25, -0.2) is 0 Å². The van der Waals surface area contributed by atoms with Crippen LogP contribution in [0.2, 0.25) is 0 Å². The zero-order valence-electron chi connectivity index (χ0n) is 7.27. The van der Waals surface area contributed by atoms with Gasteiger partial charge in [-0.15, -0.1) is 5.10 Å². The van der Waals surface area contributed by atoms with Crippen LogP contribution >= 0.6 is 0 Å². The standard InChI is InChI=1S/C9H13N3/c1-2-12(8-5-6-8)9-4-3-7-10-11-9/h3-4,7-8H,2,5-6H2,1H3. The summed E-state index contributed by atoms with van der Waals surface area (Å²) in [5.41, 5.74) is 0. The molecule has 0 radical (unpaired) electrons. The Hall–Kier alpha value is -1.12. The van der Waals surface area contributed by atoms with Crippen LogP contribution in [0.15, 0.2) is 18.3 Å². The molecule has 0 amide bonds. The predicted molar refractivity (Wildman–Crippen MR) is 48.1 cm³/mol. The summed E-state index contributed by atoms with van der Waals surface area (Å²) in [5.74, 6) is 1.02. The van der Waals surface area contributed by atoms with Crippen LogP contribution in [0.4, 0.5) is 5.82 Å². The molecule has 1 aromatic heterocycles. The minimum Gasteiger partial charge on any atom is -0.352 e. The molecule has 0 aromatic carbocycles. The Morgan fingerprint density at radius 3 is 2.92 bits per heavy atom. The van der Waals surface area contributed by atoms with E-state index < -0.39 is 0 Å². The molecule has 1 saturated carbocycles. The van der Waals surface area contributed by atoms with E-state index in [2.05, 4.69) is 22.0 Å². The monoisotopic (exact) mass is 163 g/mol. The lowest BCUT2D eigenvalue weighted by molar-refractivity contribution is 0.791. The maximum Gasteiger partial charge on any atom is 0.151 e. The number of aromatic nitrogens is 2. The normalized spacial score (nSPS) is 16.1. The smallest absolute Gasteiger partial charge is 0.151 e. The first-order chi connectivity index (χ1) is 5.92. The van der Waals surface area contributed by atoms with Gasteiger partial charge in [-0.2, -0.15) is 5.10 Å². The highest BCUT2D eigenvalue weighted by Gasteiger charge is 2.28. The van der Waals surface area contributed by atoms with Crippen molar-refractivity contribution in [2.24, 2.45) is 0 Å². The minimum absolute atomic E-state index is 0.728. The van der Waals surface area contributed by atoms with Gasteiger partial charge in [0.05, 0.1) is 0 Å². The third kappa shape index (κ3) is 1.40. The Balaban J connectivity index is 2.15. The van der Waals surface area contributed by atoms with Crippen LogP contribution < -0.4 is 4.90 Å². The van der Waals surface area contributed by atoms with E-state index in [-0.39, 0.29) is 0 Å². The highest BCUT2D eigenvalue weighted by Crippen LogP contribution is 2.29. The van der Waals surface area contributed by atoms with Gasteiger partial charge in [-0.1, -0.05) is 0 Å². The third-order valence-corrected chi connectivity index (χ3v) is 2.18. The molecule has 12 heavy (non-hydrogen) atoms. The molecule has 2 rings (SSSR count). The Morgan fingerprint density at radius 2 is 2.42 bits per heavy atom. The largest absolute Gasteiger partial charge is 0.352 e. The van der Waals surface area contributed by atoms with Crippen LogP contribution in [0.1, 0.15) is 19.8 Å². The molecule has 0 bridgehead atoms. The summed E-state index contributed by atoms with van der Waals surface area (Å²) in [6.45, 7) is 3.19. The van der Waals surface area contributed by atoms with Crippen molar-refractivity contribution in [3.63, 3.8) is 0 Å². The van der Waals surface area contributed by atoms with Crippen LogP contribution in [0.25, 0.3) is 0 Å². The molecule has 0 N–H and O–H groups in total. The molecule has 1 aliphatic rings. The summed E-state index contributed by atoms with van der Waals surface area (Å²) in [4.78, 5) is 2.31. The van der Waals surface area contributed by atoms with Crippen molar-refractivity contribution in [2.45, 2.75) is 25.8 Å². The fourth-order valence-corrected chi connectivity index (χ4v) is 1.44. The average molecular weight is 163 g/mol. The molecule has 1 aliphatic carbocycles. The molecule has 1 aromatic rings. The highest BCUT2D eigenvalue weighted by atomic mass is 15.3. The Kier molecular flexibility index (Phi) is 1.94. The molecule has 3 heteroatoms. The Bertz CT molecular complexity index is 243. The van der Waals surface area contributed by atoms with Crippen LogP contribution in [0.3, 0.4) is 0 Å². The molecule has 0 unspecified atom stereocenters. The summed E-state index contributed by atoms with van der Waals surface area (Å²) in [6, 6.07) is 4.69. The summed E-state index contributed by atoms with van der Waals surface area (Å²) in [5, 5.41) is 7.96. The van der Waals surface area contributed by atoms with Crippen molar-refractivity contribution in [2.75, 3.05) is 11.4 Å². The molecule has 0 saturated heterocycles. The molecule has 1 heterocycles. The first kappa shape index (κ1) is 7.53. The van der Waals surface area contributed by atoms with Gasteiger partial charge in [0.25, 0.3) is 0 Å². The second-order valence-corrected chi connectivity index (χ2v) is 3.10. The second kappa shape index (κ2) is 3.09. The zero-order valence-corrected chi connectivity index (χ0v) is 7.27. The van der Waals surface area contributed by atoms with Crippen LogP contribution in [0.5, 0.6) is 0 Å². The quantitative estimate of drug-likeness (QED) is 0.675. The van der Waals surface area contributed by atoms with Gasteiger partial charge in [0.15, 0.2) is 5.82 Å². The fourth-order valence-electron chi connectivity index (χ4n) is 1.44. The number of hydrogen-bond donors (Lipinski definition) is 0. The topological polar surface area (TPSA) is 29.0 Å². The van der Waals surface area contributed by atoms with Crippen molar-refractivity contribution in [3.8, 4) is 0 Å². The van der Waals surface area contributed by atoms with Gasteiger partial charge in [-0.3, -0.25) is 0 Å². The van der Waals surface area contributed by atoms with E-state index in [0.29, 0.717) is 0 Å². The summed E-state index contributed by atoms with van der Waals surface area (Å²) in [7, 11) is 0. The maximum atomic E-state index is 4.09. The van der Waals surface area contributed by atoms with Crippen LogP contribution in [-0.2, 0) is 0 Å². The van der Waals surface area contributed by atoms with Crippen molar-refractivity contribution in [3.05, 3.63) is 18.3 Å². The van der Waals surface area contributed by atoms with Gasteiger partial charge in [0.2, 0.25) is 0 Å². The van der Waals surface area contributed by atoms with E-state index in [9.17, 15) is 0 Å². The molecular weight excluding hydrogens is 150 g/mol. The average Bonchev–Trinajstić information content (AvgIpc) is 2.92. The van der Waals surface area contributed by atoms with Crippen molar-refractivity contribution in [1.82, 2.24) is 10.2 Å². The first-order valence-corrected chi connectivity index (χ1v) is 4.46. The number of nitrogens with zero attached hydrogens (tertiary/aromatic N) is 3. The van der Waals surface area contributed by atoms with Crippen molar-refractivity contribution < 1.29 is 0 Å². The van der Waals surface area contributed by atoms with Gasteiger partial charge < -0.3 is 4.90 Å². The van der Waals surface area contributed by atoms with E-state index in [1.54, 1.807) is 6.20 Å². The van der Waals surface area contributed by atoms with Crippen molar-refractivity contribution in [1.29, 1.82) is 0 Å². The maximum absolute atomic E-state index is 4.09. The van der Waals surface area contributed by atoms with E-state index in [1.165, 1.54) is 12.8 Å². The third-order valence-electron chi connectivity index (χ3n) is 2.18. The summed E-state index contributed by atoms with van der Waals surface area (Å²) >= 11 is 0. The molecule has 3 nitrogen and oxygen atoms in total. The van der Waals surface area contributed by atoms with E-state index >= 15 is 0 Å². The minimum atomic E-state index is 0.728. The summed E-state index contributed by atoms with van der Waals surface area (Å²) < 4.78 is 0. The lowest BCUT2D eigenvalue weighted by Crippen LogP contribution is -2.26. The van der Waals surface area contributed by atoms with E-state index in [0.717, 1.165) is 18.4 Å². The second-order valence-electron chi connectivity index (χ2n) is 3.10. The molecular formula is C9H13N3. The number of anilines is 1.